The van der Waals surface area contributed by atoms with Crippen LogP contribution in [0.3, 0.4) is 0 Å². The number of morpholine rings is 1. The molecule has 2 fully saturated rings. The molecule has 2 aliphatic rings. The third kappa shape index (κ3) is 7.94. The van der Waals surface area contributed by atoms with Gasteiger partial charge in [-0.3, -0.25) is 14.6 Å². The SMILES string of the molecule is COC[C@@H]1COCCN1CCN1CCN(C(=O)c2cc(C(F)(F)F)cc(C(F)(F)F)c2)C(Cc2ccc(C)c(O)c2)C1. The second kappa shape index (κ2) is 13.2. The topological polar surface area (TPSA) is 65.5 Å². The third-order valence-electron chi connectivity index (χ3n) is 7.82. The Labute approximate surface area is 240 Å². The molecule has 4 rings (SSSR count). The van der Waals surface area contributed by atoms with E-state index in [-0.39, 0.29) is 30.8 Å². The summed E-state index contributed by atoms with van der Waals surface area (Å²) in [5.74, 6) is -0.844. The summed E-state index contributed by atoms with van der Waals surface area (Å²) in [7, 11) is 1.62. The van der Waals surface area contributed by atoms with Crippen molar-refractivity contribution in [2.45, 2.75) is 37.8 Å². The molecule has 0 bridgehead atoms. The van der Waals surface area contributed by atoms with E-state index in [0.717, 1.165) is 6.54 Å². The zero-order chi connectivity index (χ0) is 30.7. The number of piperazine rings is 1. The van der Waals surface area contributed by atoms with E-state index in [9.17, 15) is 36.2 Å². The van der Waals surface area contributed by atoms with Crippen LogP contribution in [-0.4, -0.2) is 104 Å². The number of aryl methyl sites for hydroxylation is 1. The lowest BCUT2D eigenvalue weighted by Crippen LogP contribution is -2.58. The predicted molar refractivity (Wildman–Crippen MR) is 142 cm³/mol. The fraction of sp³-hybridized carbons (Fsp3) is 0.552. The van der Waals surface area contributed by atoms with Crippen LogP contribution in [-0.2, 0) is 28.2 Å². The maximum absolute atomic E-state index is 13.6. The molecule has 2 saturated heterocycles. The van der Waals surface area contributed by atoms with E-state index in [1.807, 2.05) is 0 Å². The fourth-order valence-corrected chi connectivity index (χ4v) is 5.46. The Morgan fingerprint density at radius 1 is 0.976 bits per heavy atom. The Morgan fingerprint density at radius 3 is 2.29 bits per heavy atom. The molecule has 1 unspecified atom stereocenters. The maximum atomic E-state index is 13.6. The van der Waals surface area contributed by atoms with Gasteiger partial charge in [0, 0.05) is 58.0 Å². The number of benzene rings is 2. The number of methoxy groups -OCH3 is 1. The number of alkyl halides is 6. The molecule has 2 heterocycles. The van der Waals surface area contributed by atoms with Crippen LogP contribution in [0.2, 0.25) is 0 Å². The van der Waals surface area contributed by atoms with Gasteiger partial charge in [0.25, 0.3) is 5.91 Å². The number of rotatable bonds is 8. The minimum atomic E-state index is -5.06. The van der Waals surface area contributed by atoms with Crippen LogP contribution in [0.5, 0.6) is 5.75 Å². The number of carbonyl (C=O) groups excluding carboxylic acids is 1. The molecule has 2 aliphatic heterocycles. The van der Waals surface area contributed by atoms with Crippen LogP contribution >= 0.6 is 0 Å². The molecule has 0 aromatic heterocycles. The molecular formula is C29H35F6N3O4. The highest BCUT2D eigenvalue weighted by Crippen LogP contribution is 2.37. The van der Waals surface area contributed by atoms with E-state index in [1.54, 1.807) is 32.2 Å². The number of halogens is 6. The van der Waals surface area contributed by atoms with Crippen molar-refractivity contribution in [1.82, 2.24) is 14.7 Å². The largest absolute Gasteiger partial charge is 0.508 e. The summed E-state index contributed by atoms with van der Waals surface area (Å²) in [6, 6.07) is 5.58. The first-order chi connectivity index (χ1) is 19.8. The summed E-state index contributed by atoms with van der Waals surface area (Å²) in [6.45, 7) is 6.32. The summed E-state index contributed by atoms with van der Waals surface area (Å²) >= 11 is 0. The molecule has 2 aromatic rings. The van der Waals surface area contributed by atoms with Gasteiger partial charge in [0.15, 0.2) is 0 Å². The number of hydrogen-bond acceptors (Lipinski definition) is 6. The Balaban J connectivity index is 1.58. The van der Waals surface area contributed by atoms with E-state index in [1.165, 1.54) is 4.90 Å². The second-order valence-electron chi connectivity index (χ2n) is 10.8. The molecule has 7 nitrogen and oxygen atoms in total. The van der Waals surface area contributed by atoms with Gasteiger partial charge >= 0.3 is 12.4 Å². The highest BCUT2D eigenvalue weighted by Gasteiger charge is 2.39. The van der Waals surface area contributed by atoms with E-state index < -0.39 is 41.0 Å². The smallest absolute Gasteiger partial charge is 0.416 e. The van der Waals surface area contributed by atoms with Crippen molar-refractivity contribution < 1.29 is 45.7 Å². The molecule has 232 valence electrons. The monoisotopic (exact) mass is 603 g/mol. The number of ether oxygens (including phenoxy) is 2. The highest BCUT2D eigenvalue weighted by atomic mass is 19.4. The molecule has 0 aliphatic carbocycles. The number of nitrogens with zero attached hydrogens (tertiary/aromatic N) is 3. The number of hydrogen-bond donors (Lipinski definition) is 1. The van der Waals surface area contributed by atoms with Crippen molar-refractivity contribution in [1.29, 1.82) is 0 Å². The minimum absolute atomic E-state index is 0.0176. The van der Waals surface area contributed by atoms with Crippen LogP contribution in [0.15, 0.2) is 36.4 Å². The van der Waals surface area contributed by atoms with Crippen molar-refractivity contribution in [2.75, 3.05) is 66.2 Å². The zero-order valence-corrected chi connectivity index (χ0v) is 23.5. The van der Waals surface area contributed by atoms with Gasteiger partial charge in [0.2, 0.25) is 0 Å². The van der Waals surface area contributed by atoms with Crippen LogP contribution in [0, 0.1) is 6.92 Å². The average molecular weight is 604 g/mol. The van der Waals surface area contributed by atoms with Crippen molar-refractivity contribution in [3.63, 3.8) is 0 Å². The summed E-state index contributed by atoms with van der Waals surface area (Å²) in [6.07, 6.45) is -9.87. The van der Waals surface area contributed by atoms with Gasteiger partial charge in [-0.2, -0.15) is 26.3 Å². The molecule has 0 radical (unpaired) electrons. The number of aromatic hydroxyl groups is 1. The van der Waals surface area contributed by atoms with Gasteiger partial charge in [-0.15, -0.1) is 0 Å². The van der Waals surface area contributed by atoms with E-state index in [4.69, 9.17) is 9.47 Å². The lowest BCUT2D eigenvalue weighted by atomic mass is 9.98. The molecule has 2 atom stereocenters. The zero-order valence-electron chi connectivity index (χ0n) is 23.5. The quantitative estimate of drug-likeness (QED) is 0.450. The third-order valence-corrected chi connectivity index (χ3v) is 7.82. The van der Waals surface area contributed by atoms with Gasteiger partial charge in [-0.1, -0.05) is 12.1 Å². The van der Waals surface area contributed by atoms with Gasteiger partial charge in [-0.25, -0.2) is 0 Å². The number of carbonyl (C=O) groups is 1. The summed E-state index contributed by atoms with van der Waals surface area (Å²) < 4.78 is 91.9. The van der Waals surface area contributed by atoms with Crippen molar-refractivity contribution >= 4 is 5.91 Å². The van der Waals surface area contributed by atoms with E-state index >= 15 is 0 Å². The number of amides is 1. The normalized spacial score (nSPS) is 21.1. The van der Waals surface area contributed by atoms with E-state index in [0.29, 0.717) is 69.3 Å². The second-order valence-corrected chi connectivity index (χ2v) is 10.8. The molecule has 0 spiro atoms. The molecule has 13 heteroatoms. The van der Waals surface area contributed by atoms with Gasteiger partial charge in [-0.05, 0) is 48.7 Å². The summed E-state index contributed by atoms with van der Waals surface area (Å²) in [5, 5.41) is 10.2. The van der Waals surface area contributed by atoms with Gasteiger partial charge in [0.1, 0.15) is 5.75 Å². The van der Waals surface area contributed by atoms with Crippen LogP contribution in [0.1, 0.15) is 32.6 Å². The molecule has 42 heavy (non-hydrogen) atoms. The first kappa shape index (κ1) is 32.1. The molecular weight excluding hydrogens is 568 g/mol. The van der Waals surface area contributed by atoms with Crippen LogP contribution in [0.25, 0.3) is 0 Å². The molecule has 1 N–H and O–H groups in total. The molecule has 2 aromatic carbocycles. The lowest BCUT2D eigenvalue weighted by molar-refractivity contribution is -0.143. The Morgan fingerprint density at radius 2 is 1.67 bits per heavy atom. The lowest BCUT2D eigenvalue weighted by Gasteiger charge is -2.43. The minimum Gasteiger partial charge on any atom is -0.508 e. The van der Waals surface area contributed by atoms with Crippen LogP contribution in [0.4, 0.5) is 26.3 Å². The fourth-order valence-electron chi connectivity index (χ4n) is 5.46. The standard InChI is InChI=1S/C29H35F6N3O4/c1-19-3-4-20(12-26(19)39)11-24-16-36(5-7-37-9-10-42-18-25(37)17-41-2)6-8-38(24)27(40)21-13-22(28(30,31)32)15-23(14-21)29(33,34)35/h3-4,12-15,24-25,39H,5-11,16-18H2,1-2H3/t24?,25-/m1/s1. The van der Waals surface area contributed by atoms with Crippen molar-refractivity contribution in [2.24, 2.45) is 0 Å². The Bertz CT molecular complexity index is 1200. The van der Waals surface area contributed by atoms with Gasteiger partial charge < -0.3 is 19.5 Å². The first-order valence-electron chi connectivity index (χ1n) is 13.7. The van der Waals surface area contributed by atoms with Crippen molar-refractivity contribution in [3.05, 3.63) is 64.2 Å². The van der Waals surface area contributed by atoms with Crippen molar-refractivity contribution in [3.8, 4) is 5.75 Å². The predicted octanol–water partition coefficient (Wildman–Crippen LogP) is 4.45. The average Bonchev–Trinajstić information content (AvgIpc) is 2.93. The van der Waals surface area contributed by atoms with Crippen LogP contribution < -0.4 is 0 Å². The highest BCUT2D eigenvalue weighted by molar-refractivity contribution is 5.95. The Kier molecular flexibility index (Phi) is 10.1. The number of phenols is 1. The molecule has 1 amide bonds. The summed E-state index contributed by atoms with van der Waals surface area (Å²) in [4.78, 5) is 19.3. The Hall–Kier alpha value is -2.87. The van der Waals surface area contributed by atoms with Gasteiger partial charge in [0.05, 0.1) is 37.0 Å². The molecule has 0 saturated carbocycles. The first-order valence-corrected chi connectivity index (χ1v) is 13.7. The number of phenolic OH excluding ortho intramolecular Hbond substituents is 1. The van der Waals surface area contributed by atoms with E-state index in [2.05, 4.69) is 9.80 Å². The maximum Gasteiger partial charge on any atom is 0.416 e. The summed E-state index contributed by atoms with van der Waals surface area (Å²) in [5.41, 5.74) is -2.39.